The maximum Gasteiger partial charge on any atom is 0.344 e. The smallest absolute Gasteiger partial charge is 0.344 e. The van der Waals surface area contributed by atoms with Crippen LogP contribution >= 0.6 is 0 Å². The fourth-order valence-corrected chi connectivity index (χ4v) is 0.806. The molecule has 14 heavy (non-hydrogen) atoms. The zero-order chi connectivity index (χ0) is 8.81. The molecule has 0 fully saturated rings. The first kappa shape index (κ1) is 16.2. The van der Waals surface area contributed by atoms with E-state index in [0.29, 0.717) is 0 Å². The number of ether oxygens (including phenoxy) is 1. The number of alkyl halides is 2. The van der Waals surface area contributed by atoms with E-state index < -0.39 is 6.61 Å². The second-order valence-corrected chi connectivity index (χ2v) is 2.21. The quantitative estimate of drug-likeness (QED) is 0.724. The van der Waals surface area contributed by atoms with Gasteiger partial charge in [0.1, 0.15) is 0 Å². The second-order valence-electron chi connectivity index (χ2n) is 2.21. The summed E-state index contributed by atoms with van der Waals surface area (Å²) >= 11 is 0. The molecule has 0 heterocycles. The molecule has 1 rings (SSSR count). The molecule has 4 heteroatoms. The third-order valence-electron chi connectivity index (χ3n) is 1.34. The van der Waals surface area contributed by atoms with Crippen LogP contribution in [0.1, 0.15) is 5.56 Å². The van der Waals surface area contributed by atoms with Gasteiger partial charge in [0.05, 0.1) is 0 Å². The summed E-state index contributed by atoms with van der Waals surface area (Å²) < 4.78 is 27.0. The molecule has 0 bridgehead atoms. The fraction of sp³-hybridized carbons (Fsp3) is 0.200. The molecule has 1 aromatic carbocycles. The topological polar surface area (TPSA) is 9.23 Å². The Morgan fingerprint density at radius 3 is 2.29 bits per heavy atom. The summed E-state index contributed by atoms with van der Waals surface area (Å²) in [5, 5.41) is 0. The standard InChI is InChI=1S/C9H9F2O.CH3.Sc/c10-9(11)12-7-6-8-4-2-1-3-5-8;;/h1-6,9H,7H2;1H3;/q2*-1;. The normalized spacial score (nSPS) is 8.79. The Morgan fingerprint density at radius 1 is 1.21 bits per heavy atom. The Labute approximate surface area is 102 Å². The molecule has 1 nitrogen and oxygen atoms in total. The molecule has 0 N–H and O–H groups in total. The van der Waals surface area contributed by atoms with E-state index in [2.05, 4.69) is 4.74 Å². The monoisotopic (exact) mass is 231 g/mol. The van der Waals surface area contributed by atoms with Gasteiger partial charge in [-0.15, -0.1) is 12.1 Å². The largest absolute Gasteiger partial charge is 0.358 e. The van der Waals surface area contributed by atoms with Gasteiger partial charge in [0, 0.05) is 32.5 Å². The Morgan fingerprint density at radius 2 is 1.79 bits per heavy atom. The van der Waals surface area contributed by atoms with E-state index >= 15 is 0 Å². The van der Waals surface area contributed by atoms with Crippen LogP contribution in [0.4, 0.5) is 8.78 Å². The minimum atomic E-state index is -2.69. The molecular weight excluding hydrogens is 219 g/mol. The van der Waals surface area contributed by atoms with Crippen molar-refractivity contribution in [1.82, 2.24) is 0 Å². The van der Waals surface area contributed by atoms with Gasteiger partial charge >= 0.3 is 6.61 Å². The molecule has 0 saturated carbocycles. The van der Waals surface area contributed by atoms with Gasteiger partial charge in [-0.3, -0.25) is 0 Å². The minimum absolute atomic E-state index is 0. The van der Waals surface area contributed by atoms with E-state index in [1.165, 1.54) is 0 Å². The Kier molecular flexibility index (Phi) is 10.8. The molecule has 0 unspecified atom stereocenters. The van der Waals surface area contributed by atoms with Crippen molar-refractivity contribution < 1.29 is 39.4 Å². The molecule has 0 saturated heterocycles. The average Bonchev–Trinajstić information content (AvgIpc) is 2.05. The number of hydrogen-bond donors (Lipinski definition) is 0. The van der Waals surface area contributed by atoms with E-state index in [4.69, 9.17) is 0 Å². The van der Waals surface area contributed by atoms with Gasteiger partial charge in [-0.1, -0.05) is 6.07 Å². The van der Waals surface area contributed by atoms with Crippen molar-refractivity contribution in [3.8, 4) is 0 Å². The third kappa shape index (κ3) is 7.21. The van der Waals surface area contributed by atoms with Gasteiger partial charge < -0.3 is 12.2 Å². The Balaban J connectivity index is 0. The summed E-state index contributed by atoms with van der Waals surface area (Å²) in [5.41, 5.74) is 0.887. The van der Waals surface area contributed by atoms with Crippen LogP contribution in [0, 0.1) is 13.8 Å². The van der Waals surface area contributed by atoms with Crippen molar-refractivity contribution in [1.29, 1.82) is 0 Å². The molecule has 0 spiro atoms. The second kappa shape index (κ2) is 9.34. The summed E-state index contributed by atoms with van der Waals surface area (Å²) in [7, 11) is 0. The number of hydrogen-bond acceptors (Lipinski definition) is 1. The first-order chi connectivity index (χ1) is 5.79. The van der Waals surface area contributed by atoms with Crippen LogP contribution in [-0.2, 0) is 30.6 Å². The first-order valence-corrected chi connectivity index (χ1v) is 3.57. The van der Waals surface area contributed by atoms with E-state index in [1.807, 2.05) is 30.3 Å². The van der Waals surface area contributed by atoms with Gasteiger partial charge in [-0.25, -0.2) is 0 Å². The Hall–Kier alpha value is -0.220. The molecular formula is C10H12F2OSc-2. The maximum atomic E-state index is 11.5. The summed E-state index contributed by atoms with van der Waals surface area (Å²) in [6.45, 7) is -2.74. The molecule has 0 aromatic heterocycles. The van der Waals surface area contributed by atoms with Crippen LogP contribution in [0.2, 0.25) is 0 Å². The molecule has 0 atom stereocenters. The summed E-state index contributed by atoms with van der Waals surface area (Å²) in [4.78, 5) is 0. The van der Waals surface area contributed by atoms with Crippen LogP contribution in [0.15, 0.2) is 30.3 Å². The van der Waals surface area contributed by atoms with E-state index in [0.717, 1.165) is 5.56 Å². The van der Waals surface area contributed by atoms with Gasteiger partial charge in [0.25, 0.3) is 0 Å². The zero-order valence-corrected chi connectivity index (χ0v) is 9.79. The Bertz CT molecular complexity index is 217. The van der Waals surface area contributed by atoms with Gasteiger partial charge in [0.2, 0.25) is 0 Å². The third-order valence-corrected chi connectivity index (χ3v) is 1.34. The van der Waals surface area contributed by atoms with Crippen LogP contribution in [0.3, 0.4) is 0 Å². The van der Waals surface area contributed by atoms with E-state index in [9.17, 15) is 8.78 Å². The van der Waals surface area contributed by atoms with Crippen molar-refractivity contribution in [2.24, 2.45) is 0 Å². The molecule has 0 aliphatic heterocycles. The minimum Gasteiger partial charge on any atom is -0.358 e. The molecule has 0 aliphatic carbocycles. The van der Waals surface area contributed by atoms with Crippen molar-refractivity contribution in [3.63, 3.8) is 0 Å². The number of rotatable bonds is 4. The van der Waals surface area contributed by atoms with Crippen LogP contribution < -0.4 is 0 Å². The van der Waals surface area contributed by atoms with Crippen LogP contribution in [0.25, 0.3) is 0 Å². The van der Waals surface area contributed by atoms with Crippen LogP contribution in [-0.4, -0.2) is 13.2 Å². The number of benzene rings is 1. The summed E-state index contributed by atoms with van der Waals surface area (Å²) in [5.74, 6) is 0. The molecule has 0 amide bonds. The SMILES string of the molecule is FC(F)OC[CH-]c1ccccc1.[CH3-].[Sc]. The molecule has 77 valence electrons. The van der Waals surface area contributed by atoms with Gasteiger partial charge in [0.15, 0.2) is 0 Å². The average molecular weight is 231 g/mol. The van der Waals surface area contributed by atoms with Gasteiger partial charge in [-0.05, 0) is 0 Å². The molecule has 1 radical (unpaired) electrons. The predicted molar refractivity (Wildman–Crippen MR) is 48.2 cm³/mol. The zero-order valence-electron chi connectivity index (χ0n) is 7.99. The van der Waals surface area contributed by atoms with E-state index in [1.54, 1.807) is 6.42 Å². The number of halogens is 2. The first-order valence-electron chi connectivity index (χ1n) is 3.57. The summed E-state index contributed by atoms with van der Waals surface area (Å²) in [6.07, 6.45) is 1.60. The molecule has 1 aromatic rings. The maximum absolute atomic E-state index is 11.5. The molecule has 0 aliphatic rings. The summed E-state index contributed by atoms with van der Waals surface area (Å²) in [6, 6.07) is 9.21. The predicted octanol–water partition coefficient (Wildman–Crippen LogP) is 2.93. The van der Waals surface area contributed by atoms with E-state index in [-0.39, 0.29) is 39.9 Å². The van der Waals surface area contributed by atoms with Crippen molar-refractivity contribution >= 4 is 0 Å². The van der Waals surface area contributed by atoms with Crippen molar-refractivity contribution in [2.45, 2.75) is 6.61 Å². The van der Waals surface area contributed by atoms with Gasteiger partial charge in [-0.2, -0.15) is 32.9 Å². The van der Waals surface area contributed by atoms with Crippen molar-refractivity contribution in [3.05, 3.63) is 49.7 Å². The van der Waals surface area contributed by atoms with Crippen molar-refractivity contribution in [2.75, 3.05) is 6.61 Å². The fourth-order valence-electron chi connectivity index (χ4n) is 0.806. The van der Waals surface area contributed by atoms with Crippen LogP contribution in [0.5, 0.6) is 0 Å².